The fourth-order valence-electron chi connectivity index (χ4n) is 5.01. The summed E-state index contributed by atoms with van der Waals surface area (Å²) in [6.45, 7) is 4.59. The number of hydrogen-bond donors (Lipinski definition) is 0. The molecule has 0 unspecified atom stereocenters. The van der Waals surface area contributed by atoms with Gasteiger partial charge in [-0.15, -0.1) is 22.7 Å². The lowest BCUT2D eigenvalue weighted by Crippen LogP contribution is -1.87. The second kappa shape index (κ2) is 21.2. The largest absolute Gasteiger partial charge is 0.141 e. The van der Waals surface area contributed by atoms with Gasteiger partial charge >= 0.3 is 0 Å². The first-order valence-corrected chi connectivity index (χ1v) is 18.6. The molecule has 0 saturated carbocycles. The third-order valence-corrected chi connectivity index (χ3v) is 12.0. The molecular formula is C32H52Br2S2. The average molecular weight is 661 g/mol. The van der Waals surface area contributed by atoms with Crippen molar-refractivity contribution in [3.63, 3.8) is 0 Å². The van der Waals surface area contributed by atoms with Gasteiger partial charge in [0.1, 0.15) is 0 Å². The van der Waals surface area contributed by atoms with Crippen LogP contribution in [0.3, 0.4) is 0 Å². The first-order valence-electron chi connectivity index (χ1n) is 15.2. The molecular weight excluding hydrogens is 608 g/mol. The molecule has 206 valence electrons. The van der Waals surface area contributed by atoms with Crippen molar-refractivity contribution in [1.82, 2.24) is 0 Å². The van der Waals surface area contributed by atoms with Crippen LogP contribution in [0.4, 0.5) is 0 Å². The van der Waals surface area contributed by atoms with Crippen LogP contribution in [-0.4, -0.2) is 0 Å². The van der Waals surface area contributed by atoms with Crippen LogP contribution in [0.15, 0.2) is 19.7 Å². The number of hydrogen-bond acceptors (Lipinski definition) is 2. The normalized spacial score (nSPS) is 11.6. The Balaban J connectivity index is 1.63. The van der Waals surface area contributed by atoms with Crippen molar-refractivity contribution < 1.29 is 0 Å². The summed E-state index contributed by atoms with van der Waals surface area (Å²) >= 11 is 11.8. The van der Waals surface area contributed by atoms with Crippen LogP contribution in [0.25, 0.3) is 9.75 Å². The number of halogens is 2. The number of unbranched alkanes of at least 4 members (excludes halogenated alkanes) is 18. The van der Waals surface area contributed by atoms with Gasteiger partial charge in [-0.25, -0.2) is 0 Å². The van der Waals surface area contributed by atoms with Crippen molar-refractivity contribution in [2.45, 2.75) is 155 Å². The van der Waals surface area contributed by atoms with Crippen LogP contribution >= 0.6 is 54.5 Å². The fraction of sp³-hybridized carbons (Fsp3) is 0.750. The summed E-state index contributed by atoms with van der Waals surface area (Å²) in [4.78, 5) is 2.84. The predicted octanol–water partition coefficient (Wildman–Crippen LogP) is 13.9. The second-order valence-corrected chi connectivity index (χ2v) is 14.0. The zero-order valence-corrected chi connectivity index (χ0v) is 28.1. The Morgan fingerprint density at radius 2 is 0.722 bits per heavy atom. The SMILES string of the molecule is CCCCCCCCCCCCc1csc(-c2scc(CCCCCCCCCCCC)c2Br)c1Br. The van der Waals surface area contributed by atoms with Gasteiger partial charge < -0.3 is 0 Å². The predicted molar refractivity (Wildman–Crippen MR) is 174 cm³/mol. The molecule has 0 aliphatic rings. The topological polar surface area (TPSA) is 0 Å². The van der Waals surface area contributed by atoms with Gasteiger partial charge in [0, 0.05) is 8.95 Å². The first kappa shape index (κ1) is 32.6. The van der Waals surface area contributed by atoms with Crippen molar-refractivity contribution in [2.75, 3.05) is 0 Å². The highest BCUT2D eigenvalue weighted by molar-refractivity contribution is 9.11. The van der Waals surface area contributed by atoms with E-state index in [4.69, 9.17) is 0 Å². The summed E-state index contributed by atoms with van der Waals surface area (Å²) in [5.74, 6) is 0. The Morgan fingerprint density at radius 3 is 1.03 bits per heavy atom. The molecule has 0 aliphatic carbocycles. The number of thiophene rings is 2. The van der Waals surface area contributed by atoms with E-state index in [0.29, 0.717) is 0 Å². The smallest absolute Gasteiger partial charge is 0.0599 e. The minimum Gasteiger partial charge on any atom is -0.141 e. The van der Waals surface area contributed by atoms with E-state index in [2.05, 4.69) is 56.5 Å². The van der Waals surface area contributed by atoms with E-state index < -0.39 is 0 Å². The van der Waals surface area contributed by atoms with E-state index in [0.717, 1.165) is 0 Å². The molecule has 2 heterocycles. The van der Waals surface area contributed by atoms with Gasteiger partial charge in [0.05, 0.1) is 9.75 Å². The molecule has 0 N–H and O–H groups in total. The Bertz CT molecular complexity index is 726. The van der Waals surface area contributed by atoms with E-state index >= 15 is 0 Å². The van der Waals surface area contributed by atoms with Crippen LogP contribution < -0.4 is 0 Å². The first-order chi connectivity index (χ1) is 17.7. The Kier molecular flexibility index (Phi) is 19.2. The van der Waals surface area contributed by atoms with E-state index in [1.807, 2.05) is 22.7 Å². The number of rotatable bonds is 23. The highest BCUT2D eigenvalue weighted by atomic mass is 79.9. The number of aryl methyl sites for hydroxylation is 2. The molecule has 36 heavy (non-hydrogen) atoms. The van der Waals surface area contributed by atoms with Gasteiger partial charge in [0.2, 0.25) is 0 Å². The van der Waals surface area contributed by atoms with E-state index in [1.165, 1.54) is 171 Å². The van der Waals surface area contributed by atoms with Crippen molar-refractivity contribution in [2.24, 2.45) is 0 Å². The molecule has 0 aliphatic heterocycles. The molecule has 0 saturated heterocycles. The molecule has 0 nitrogen and oxygen atoms in total. The Hall–Kier alpha value is 0.360. The quantitative estimate of drug-likeness (QED) is 0.104. The van der Waals surface area contributed by atoms with Crippen molar-refractivity contribution in [3.8, 4) is 9.75 Å². The van der Waals surface area contributed by atoms with Crippen LogP contribution in [0, 0.1) is 0 Å². The van der Waals surface area contributed by atoms with Crippen molar-refractivity contribution in [3.05, 3.63) is 30.8 Å². The van der Waals surface area contributed by atoms with Crippen LogP contribution in [0.1, 0.15) is 153 Å². The molecule has 0 spiro atoms. The second-order valence-electron chi connectivity index (χ2n) is 10.7. The molecule has 0 amide bonds. The van der Waals surface area contributed by atoms with Crippen LogP contribution in [0.2, 0.25) is 0 Å². The minimum absolute atomic E-state index is 1.21. The minimum atomic E-state index is 1.21. The molecule has 0 atom stereocenters. The van der Waals surface area contributed by atoms with E-state index in [1.54, 1.807) is 0 Å². The molecule has 2 rings (SSSR count). The standard InChI is InChI=1S/C32H52Br2S2/c1-3-5-7-9-11-13-15-17-19-21-23-27-25-35-31(29(27)33)32-30(34)28(26-36-32)24-22-20-18-16-14-12-10-8-6-4-2/h25-26H,3-24H2,1-2H3. The van der Waals surface area contributed by atoms with Crippen LogP contribution in [-0.2, 0) is 12.8 Å². The Labute approximate surface area is 248 Å². The lowest BCUT2D eigenvalue weighted by molar-refractivity contribution is 0.556. The lowest BCUT2D eigenvalue weighted by atomic mass is 10.0. The summed E-state index contributed by atoms with van der Waals surface area (Å²) in [7, 11) is 0. The third-order valence-electron chi connectivity index (χ3n) is 7.41. The maximum Gasteiger partial charge on any atom is 0.0599 e. The van der Waals surface area contributed by atoms with Crippen molar-refractivity contribution >= 4 is 54.5 Å². The highest BCUT2D eigenvalue weighted by Gasteiger charge is 2.17. The molecule has 2 aromatic rings. The monoisotopic (exact) mass is 658 g/mol. The van der Waals surface area contributed by atoms with Gasteiger partial charge in [0.25, 0.3) is 0 Å². The zero-order valence-electron chi connectivity index (χ0n) is 23.3. The van der Waals surface area contributed by atoms with Gasteiger partial charge in [-0.05, 0) is 79.4 Å². The summed E-state index contributed by atoms with van der Waals surface area (Å²) in [5, 5.41) is 4.78. The van der Waals surface area contributed by atoms with Gasteiger partial charge in [-0.3, -0.25) is 0 Å². The van der Waals surface area contributed by atoms with Crippen LogP contribution in [0.5, 0.6) is 0 Å². The summed E-state index contributed by atoms with van der Waals surface area (Å²) in [6.07, 6.45) is 30.5. The molecule has 2 aromatic heterocycles. The molecule has 0 fully saturated rings. The molecule has 4 heteroatoms. The fourth-order valence-corrected chi connectivity index (χ4v) is 9.32. The van der Waals surface area contributed by atoms with Crippen molar-refractivity contribution in [1.29, 1.82) is 0 Å². The maximum absolute atomic E-state index is 3.96. The van der Waals surface area contributed by atoms with Gasteiger partial charge in [0.15, 0.2) is 0 Å². The summed E-state index contributed by atoms with van der Waals surface area (Å²) < 4.78 is 2.69. The average Bonchev–Trinajstić information content (AvgIpc) is 3.42. The Morgan fingerprint density at radius 1 is 0.444 bits per heavy atom. The molecule has 0 aromatic carbocycles. The summed E-state index contributed by atoms with van der Waals surface area (Å²) in [5.41, 5.74) is 3.01. The zero-order chi connectivity index (χ0) is 25.8. The highest BCUT2D eigenvalue weighted by Crippen LogP contribution is 2.45. The van der Waals surface area contributed by atoms with E-state index in [-0.39, 0.29) is 0 Å². The van der Waals surface area contributed by atoms with Gasteiger partial charge in [-0.1, -0.05) is 129 Å². The third kappa shape index (κ3) is 12.9. The maximum atomic E-state index is 3.96. The molecule has 0 bridgehead atoms. The lowest BCUT2D eigenvalue weighted by Gasteiger charge is -2.04. The van der Waals surface area contributed by atoms with E-state index in [9.17, 15) is 0 Å². The molecule has 0 radical (unpaired) electrons. The van der Waals surface area contributed by atoms with Gasteiger partial charge in [-0.2, -0.15) is 0 Å². The summed E-state index contributed by atoms with van der Waals surface area (Å²) in [6, 6.07) is 0.